The smallest absolute Gasteiger partial charge is 0.0793 e. The van der Waals surface area contributed by atoms with E-state index >= 15 is 0 Å². The highest BCUT2D eigenvalue weighted by Gasteiger charge is 2.08. The van der Waals surface area contributed by atoms with E-state index in [9.17, 15) is 5.11 Å². The second kappa shape index (κ2) is 7.54. The van der Waals surface area contributed by atoms with E-state index in [4.69, 9.17) is 4.74 Å². The molecule has 2 rings (SSSR count). The van der Waals surface area contributed by atoms with Crippen LogP contribution < -0.4 is 0 Å². The highest BCUT2D eigenvalue weighted by molar-refractivity contribution is 5.68. The molecule has 1 N–H and O–H groups in total. The summed E-state index contributed by atoms with van der Waals surface area (Å²) in [4.78, 5) is 2.12. The van der Waals surface area contributed by atoms with Gasteiger partial charge in [-0.15, -0.1) is 0 Å². The van der Waals surface area contributed by atoms with Crippen molar-refractivity contribution >= 4 is 0 Å². The number of hydrogen-bond donors (Lipinski definition) is 1. The van der Waals surface area contributed by atoms with E-state index in [-0.39, 0.29) is 12.7 Å². The molecule has 0 spiro atoms. The Bertz CT molecular complexity index is 605. The van der Waals surface area contributed by atoms with Crippen molar-refractivity contribution < 1.29 is 9.84 Å². The van der Waals surface area contributed by atoms with Crippen molar-refractivity contribution in [3.63, 3.8) is 0 Å². The number of rotatable bonds is 6. The second-order valence-corrected chi connectivity index (χ2v) is 5.89. The van der Waals surface area contributed by atoms with Gasteiger partial charge in [-0.1, -0.05) is 42.5 Å². The Morgan fingerprint density at radius 3 is 2.32 bits per heavy atom. The molecule has 2 aromatic rings. The highest BCUT2D eigenvalue weighted by atomic mass is 16.5. The van der Waals surface area contributed by atoms with Crippen molar-refractivity contribution in [2.45, 2.75) is 26.2 Å². The zero-order chi connectivity index (χ0) is 16.1. The predicted octanol–water partition coefficient (Wildman–Crippen LogP) is 3.61. The fourth-order valence-electron chi connectivity index (χ4n) is 2.59. The third kappa shape index (κ3) is 3.95. The van der Waals surface area contributed by atoms with Gasteiger partial charge in [-0.25, -0.2) is 0 Å². The number of benzene rings is 2. The fourth-order valence-corrected chi connectivity index (χ4v) is 2.59. The van der Waals surface area contributed by atoms with Gasteiger partial charge in [-0.2, -0.15) is 0 Å². The van der Waals surface area contributed by atoms with Crippen LogP contribution in [0, 0.1) is 0 Å². The molecule has 0 aromatic heterocycles. The molecule has 118 valence electrons. The molecule has 0 aliphatic heterocycles. The molecule has 0 aliphatic rings. The van der Waals surface area contributed by atoms with Crippen LogP contribution in [0.25, 0.3) is 11.1 Å². The van der Waals surface area contributed by atoms with Crippen molar-refractivity contribution in [3.05, 3.63) is 59.2 Å². The number of aliphatic hydroxyl groups excluding tert-OH is 1. The maximum Gasteiger partial charge on any atom is 0.0793 e. The molecule has 0 aliphatic carbocycles. The van der Waals surface area contributed by atoms with Gasteiger partial charge in [0.1, 0.15) is 0 Å². The van der Waals surface area contributed by atoms with E-state index in [1.54, 1.807) is 7.11 Å². The van der Waals surface area contributed by atoms with E-state index in [1.807, 2.05) is 21.0 Å². The SMILES string of the molecule is COC(C)c1ccc(-c2ccc(CN(C)C)cc2CO)cc1. The van der Waals surface area contributed by atoms with Crippen LogP contribution in [-0.4, -0.2) is 31.2 Å². The van der Waals surface area contributed by atoms with Gasteiger partial charge in [0.05, 0.1) is 12.7 Å². The lowest BCUT2D eigenvalue weighted by atomic mass is 9.96. The van der Waals surface area contributed by atoms with Crippen molar-refractivity contribution in [1.82, 2.24) is 4.90 Å². The van der Waals surface area contributed by atoms with Crippen molar-refractivity contribution in [2.24, 2.45) is 0 Å². The summed E-state index contributed by atoms with van der Waals surface area (Å²) in [5, 5.41) is 9.69. The number of aliphatic hydroxyl groups is 1. The standard InChI is InChI=1S/C19H25NO2/c1-14(22-4)16-6-8-17(9-7-16)19-10-5-15(12-20(2)3)11-18(19)13-21/h5-11,14,21H,12-13H2,1-4H3. The summed E-state index contributed by atoms with van der Waals surface area (Å²) in [6.07, 6.45) is 0.0915. The van der Waals surface area contributed by atoms with E-state index < -0.39 is 0 Å². The van der Waals surface area contributed by atoms with Gasteiger partial charge in [0.2, 0.25) is 0 Å². The van der Waals surface area contributed by atoms with Crippen molar-refractivity contribution in [3.8, 4) is 11.1 Å². The molecule has 0 saturated heterocycles. The Balaban J connectivity index is 2.31. The topological polar surface area (TPSA) is 32.7 Å². The Morgan fingerprint density at radius 1 is 1.09 bits per heavy atom. The van der Waals surface area contributed by atoms with Gasteiger partial charge in [0, 0.05) is 13.7 Å². The number of methoxy groups -OCH3 is 1. The van der Waals surface area contributed by atoms with Crippen LogP contribution in [0.2, 0.25) is 0 Å². The largest absolute Gasteiger partial charge is 0.392 e. The van der Waals surface area contributed by atoms with Crippen LogP contribution >= 0.6 is 0 Å². The van der Waals surface area contributed by atoms with Gasteiger partial charge >= 0.3 is 0 Å². The van der Waals surface area contributed by atoms with E-state index in [0.29, 0.717) is 0 Å². The molecule has 0 bridgehead atoms. The molecular formula is C19H25NO2. The minimum Gasteiger partial charge on any atom is -0.392 e. The normalized spacial score (nSPS) is 12.6. The van der Waals surface area contributed by atoms with E-state index in [1.165, 1.54) is 5.56 Å². The average Bonchev–Trinajstić information content (AvgIpc) is 2.53. The molecule has 1 unspecified atom stereocenters. The first-order valence-electron chi connectivity index (χ1n) is 7.55. The molecule has 3 heteroatoms. The van der Waals surface area contributed by atoms with Crippen molar-refractivity contribution in [1.29, 1.82) is 0 Å². The van der Waals surface area contributed by atoms with Gasteiger partial charge in [0.15, 0.2) is 0 Å². The van der Waals surface area contributed by atoms with Crippen LogP contribution in [0.3, 0.4) is 0 Å². The Kier molecular flexibility index (Phi) is 5.72. The first kappa shape index (κ1) is 16.7. The van der Waals surface area contributed by atoms with E-state index in [2.05, 4.69) is 47.4 Å². The minimum absolute atomic E-state index is 0.0484. The van der Waals surface area contributed by atoms with Crippen LogP contribution in [0.1, 0.15) is 29.7 Å². The summed E-state index contributed by atoms with van der Waals surface area (Å²) in [5.74, 6) is 0. The van der Waals surface area contributed by atoms with Gasteiger partial charge < -0.3 is 14.7 Å². The molecule has 3 nitrogen and oxygen atoms in total. The number of ether oxygens (including phenoxy) is 1. The first-order valence-corrected chi connectivity index (χ1v) is 7.55. The molecule has 2 aromatic carbocycles. The minimum atomic E-state index is 0.0484. The Labute approximate surface area is 133 Å². The lowest BCUT2D eigenvalue weighted by Crippen LogP contribution is -2.11. The molecule has 0 heterocycles. The van der Waals surface area contributed by atoms with Crippen LogP contribution in [0.15, 0.2) is 42.5 Å². The van der Waals surface area contributed by atoms with Crippen LogP contribution in [0.5, 0.6) is 0 Å². The van der Waals surface area contributed by atoms with Gasteiger partial charge in [-0.05, 0) is 48.8 Å². The molecule has 0 amide bonds. The van der Waals surface area contributed by atoms with Crippen LogP contribution in [-0.2, 0) is 17.9 Å². The molecule has 0 radical (unpaired) electrons. The third-order valence-corrected chi connectivity index (χ3v) is 3.88. The van der Waals surface area contributed by atoms with Gasteiger partial charge in [-0.3, -0.25) is 0 Å². The number of nitrogens with zero attached hydrogens (tertiary/aromatic N) is 1. The molecule has 1 atom stereocenters. The highest BCUT2D eigenvalue weighted by Crippen LogP contribution is 2.27. The predicted molar refractivity (Wildman–Crippen MR) is 90.6 cm³/mol. The van der Waals surface area contributed by atoms with E-state index in [0.717, 1.165) is 28.8 Å². The summed E-state index contributed by atoms with van der Waals surface area (Å²) < 4.78 is 5.33. The van der Waals surface area contributed by atoms with Crippen molar-refractivity contribution in [2.75, 3.05) is 21.2 Å². The zero-order valence-electron chi connectivity index (χ0n) is 13.8. The maximum atomic E-state index is 9.69. The lowest BCUT2D eigenvalue weighted by molar-refractivity contribution is 0.119. The fraction of sp³-hybridized carbons (Fsp3) is 0.368. The van der Waals surface area contributed by atoms with Crippen LogP contribution in [0.4, 0.5) is 0 Å². The summed E-state index contributed by atoms with van der Waals surface area (Å²) in [6.45, 7) is 2.95. The third-order valence-electron chi connectivity index (χ3n) is 3.88. The molecule has 0 fully saturated rings. The maximum absolute atomic E-state index is 9.69. The Morgan fingerprint density at radius 2 is 1.77 bits per heavy atom. The van der Waals surface area contributed by atoms with Gasteiger partial charge in [0.25, 0.3) is 0 Å². The lowest BCUT2D eigenvalue weighted by Gasteiger charge is -2.15. The molecule has 22 heavy (non-hydrogen) atoms. The second-order valence-electron chi connectivity index (χ2n) is 5.89. The quantitative estimate of drug-likeness (QED) is 0.884. The molecular weight excluding hydrogens is 274 g/mol. The summed E-state index contributed by atoms with van der Waals surface area (Å²) in [7, 11) is 5.80. The monoisotopic (exact) mass is 299 g/mol. The summed E-state index contributed by atoms with van der Waals surface area (Å²) in [5.41, 5.74) is 5.53. The molecule has 0 saturated carbocycles. The Hall–Kier alpha value is -1.68. The number of hydrogen-bond acceptors (Lipinski definition) is 3. The summed E-state index contributed by atoms with van der Waals surface area (Å²) >= 11 is 0. The average molecular weight is 299 g/mol. The summed E-state index contributed by atoms with van der Waals surface area (Å²) in [6, 6.07) is 14.6. The first-order chi connectivity index (χ1) is 10.5. The zero-order valence-corrected chi connectivity index (χ0v) is 13.8.